The highest BCUT2D eigenvalue weighted by Gasteiger charge is 2.29. The number of hydrogen-bond donors (Lipinski definition) is 0. The van der Waals surface area contributed by atoms with Gasteiger partial charge < -0.3 is 4.90 Å². The molecule has 1 fully saturated rings. The molecule has 1 saturated heterocycles. The van der Waals surface area contributed by atoms with Gasteiger partial charge >= 0.3 is 0 Å². The van der Waals surface area contributed by atoms with E-state index in [4.69, 9.17) is 5.26 Å². The van der Waals surface area contributed by atoms with Crippen LogP contribution in [0.15, 0.2) is 47.5 Å². The van der Waals surface area contributed by atoms with Crippen LogP contribution >= 0.6 is 0 Å². The number of non-ortho nitro benzene ring substituents is 1. The van der Waals surface area contributed by atoms with Crippen molar-refractivity contribution in [2.45, 2.75) is 4.90 Å². The molecule has 0 unspecified atom stereocenters. The lowest BCUT2D eigenvalue weighted by atomic mass is 10.3. The Balaban J connectivity index is 1.73. The highest BCUT2D eigenvalue weighted by Crippen LogP contribution is 2.23. The van der Waals surface area contributed by atoms with Crippen molar-refractivity contribution in [2.75, 3.05) is 31.1 Å². The van der Waals surface area contributed by atoms with E-state index in [2.05, 4.69) is 4.98 Å². The molecule has 1 aromatic carbocycles. The molecule has 1 aliphatic heterocycles. The van der Waals surface area contributed by atoms with Crippen LogP contribution in [-0.2, 0) is 10.0 Å². The quantitative estimate of drug-likeness (QED) is 0.586. The molecule has 0 amide bonds. The zero-order chi connectivity index (χ0) is 18.7. The minimum atomic E-state index is -3.79. The number of nitrogens with zero attached hydrogens (tertiary/aromatic N) is 5. The van der Waals surface area contributed by atoms with Crippen molar-refractivity contribution in [1.82, 2.24) is 9.29 Å². The lowest BCUT2D eigenvalue weighted by molar-refractivity contribution is -0.385. The average molecular weight is 373 g/mol. The van der Waals surface area contributed by atoms with Gasteiger partial charge in [0.1, 0.15) is 11.8 Å². The van der Waals surface area contributed by atoms with Crippen LogP contribution in [0.4, 0.5) is 11.4 Å². The number of sulfonamides is 1. The molecular weight excluding hydrogens is 358 g/mol. The Morgan fingerprint density at radius 3 is 2.46 bits per heavy atom. The van der Waals surface area contributed by atoms with E-state index in [0.29, 0.717) is 18.8 Å². The van der Waals surface area contributed by atoms with Gasteiger partial charge in [-0.3, -0.25) is 10.1 Å². The van der Waals surface area contributed by atoms with Gasteiger partial charge in [0.2, 0.25) is 10.0 Å². The molecule has 3 rings (SSSR count). The van der Waals surface area contributed by atoms with E-state index in [-0.39, 0.29) is 23.7 Å². The Hall–Kier alpha value is -3.03. The van der Waals surface area contributed by atoms with Crippen molar-refractivity contribution in [3.8, 4) is 6.07 Å². The van der Waals surface area contributed by atoms with Crippen LogP contribution in [0, 0.1) is 21.4 Å². The third kappa shape index (κ3) is 3.49. The molecule has 2 aromatic rings. The Morgan fingerprint density at radius 1 is 1.15 bits per heavy atom. The summed E-state index contributed by atoms with van der Waals surface area (Å²) in [5.74, 6) is 0. The number of rotatable bonds is 4. The summed E-state index contributed by atoms with van der Waals surface area (Å²) in [5, 5.41) is 19.6. The molecule has 0 bridgehead atoms. The number of nitro benzene ring substituents is 1. The summed E-state index contributed by atoms with van der Waals surface area (Å²) < 4.78 is 26.8. The molecule has 9 nitrogen and oxygen atoms in total. The van der Waals surface area contributed by atoms with Gasteiger partial charge in [-0.2, -0.15) is 9.57 Å². The number of piperazine rings is 1. The number of nitro groups is 1. The first-order valence-electron chi connectivity index (χ1n) is 7.77. The maximum atomic E-state index is 12.7. The summed E-state index contributed by atoms with van der Waals surface area (Å²) in [6.45, 7) is 1.43. The number of nitriles is 1. The molecule has 1 aromatic heterocycles. The van der Waals surface area contributed by atoms with Crippen LogP contribution in [0.25, 0.3) is 0 Å². The third-order valence-corrected chi connectivity index (χ3v) is 6.03. The second-order valence-electron chi connectivity index (χ2n) is 5.66. The normalized spacial score (nSPS) is 15.4. The zero-order valence-electron chi connectivity index (χ0n) is 13.6. The predicted molar refractivity (Wildman–Crippen MR) is 93.0 cm³/mol. The van der Waals surface area contributed by atoms with Crippen LogP contribution in [0.1, 0.15) is 5.69 Å². The van der Waals surface area contributed by atoms with Crippen molar-refractivity contribution < 1.29 is 13.3 Å². The van der Waals surface area contributed by atoms with Crippen molar-refractivity contribution in [3.63, 3.8) is 0 Å². The van der Waals surface area contributed by atoms with E-state index in [1.165, 1.54) is 22.5 Å². The summed E-state index contributed by atoms with van der Waals surface area (Å²) in [6.07, 6.45) is 1.59. The average Bonchev–Trinajstić information content (AvgIpc) is 2.68. The highest BCUT2D eigenvalue weighted by atomic mass is 32.2. The van der Waals surface area contributed by atoms with Gasteiger partial charge in [0.05, 0.1) is 21.7 Å². The Kier molecular flexibility index (Phi) is 4.83. The molecule has 26 heavy (non-hydrogen) atoms. The van der Waals surface area contributed by atoms with Crippen molar-refractivity contribution >= 4 is 21.4 Å². The fourth-order valence-electron chi connectivity index (χ4n) is 2.73. The van der Waals surface area contributed by atoms with E-state index >= 15 is 0 Å². The Labute approximate surface area is 150 Å². The molecule has 1 aliphatic rings. The van der Waals surface area contributed by atoms with Gasteiger partial charge in [0.15, 0.2) is 0 Å². The molecule has 0 N–H and O–H groups in total. The molecule has 2 heterocycles. The molecule has 0 spiro atoms. The van der Waals surface area contributed by atoms with E-state index in [1.807, 2.05) is 11.0 Å². The fourth-order valence-corrected chi connectivity index (χ4v) is 4.19. The van der Waals surface area contributed by atoms with Gasteiger partial charge in [0, 0.05) is 38.3 Å². The summed E-state index contributed by atoms with van der Waals surface area (Å²) in [5.41, 5.74) is 0.880. The van der Waals surface area contributed by atoms with Gasteiger partial charge in [0.25, 0.3) is 5.69 Å². The van der Waals surface area contributed by atoms with Gasteiger partial charge in [-0.1, -0.05) is 6.07 Å². The molecule has 10 heteroatoms. The third-order valence-electron chi connectivity index (χ3n) is 4.13. The zero-order valence-corrected chi connectivity index (χ0v) is 14.5. The first-order valence-corrected chi connectivity index (χ1v) is 9.21. The number of hydrogen-bond acceptors (Lipinski definition) is 7. The van der Waals surface area contributed by atoms with E-state index in [9.17, 15) is 18.5 Å². The first-order chi connectivity index (χ1) is 12.4. The van der Waals surface area contributed by atoms with E-state index < -0.39 is 14.9 Å². The minimum Gasteiger partial charge on any atom is -0.368 e. The molecule has 0 atom stereocenters. The lowest BCUT2D eigenvalue weighted by Crippen LogP contribution is -2.48. The van der Waals surface area contributed by atoms with Gasteiger partial charge in [-0.15, -0.1) is 0 Å². The number of pyridine rings is 1. The highest BCUT2D eigenvalue weighted by molar-refractivity contribution is 7.89. The van der Waals surface area contributed by atoms with E-state index in [1.54, 1.807) is 18.3 Å². The number of anilines is 1. The van der Waals surface area contributed by atoms with Crippen molar-refractivity contribution in [2.24, 2.45) is 0 Å². The molecule has 0 aliphatic carbocycles. The van der Waals surface area contributed by atoms with Crippen molar-refractivity contribution in [3.05, 3.63) is 58.4 Å². The molecule has 0 saturated carbocycles. The molecular formula is C16H15N5O4S. The van der Waals surface area contributed by atoms with Crippen LogP contribution < -0.4 is 4.90 Å². The summed E-state index contributed by atoms with van der Waals surface area (Å²) in [4.78, 5) is 16.2. The molecule has 0 radical (unpaired) electrons. The monoisotopic (exact) mass is 373 g/mol. The van der Waals surface area contributed by atoms with Crippen LogP contribution in [0.2, 0.25) is 0 Å². The van der Waals surface area contributed by atoms with Gasteiger partial charge in [-0.05, 0) is 18.2 Å². The van der Waals surface area contributed by atoms with Crippen LogP contribution in [0.5, 0.6) is 0 Å². The largest absolute Gasteiger partial charge is 0.368 e. The second-order valence-corrected chi connectivity index (χ2v) is 7.60. The topological polar surface area (TPSA) is 120 Å². The second kappa shape index (κ2) is 7.07. The predicted octanol–water partition coefficient (Wildman–Crippen LogP) is 1.37. The standard InChI is InChI=1S/C16H15N5O4S/c17-11-13-4-5-15(12-18-13)19-6-8-20(9-7-19)26(24,25)16-3-1-2-14(10-16)21(22)23/h1-5,10,12H,6-9H2. The minimum absolute atomic E-state index is 0.0832. The smallest absolute Gasteiger partial charge is 0.270 e. The summed E-state index contributed by atoms with van der Waals surface area (Å²) in [7, 11) is -3.79. The maximum absolute atomic E-state index is 12.7. The Morgan fingerprint density at radius 2 is 1.88 bits per heavy atom. The maximum Gasteiger partial charge on any atom is 0.270 e. The van der Waals surface area contributed by atoms with Crippen LogP contribution in [-0.4, -0.2) is 48.8 Å². The Bertz CT molecular complexity index is 961. The number of benzene rings is 1. The van der Waals surface area contributed by atoms with Crippen LogP contribution in [0.3, 0.4) is 0 Å². The SMILES string of the molecule is N#Cc1ccc(N2CCN(S(=O)(=O)c3cccc([N+](=O)[O-])c3)CC2)cn1. The van der Waals surface area contributed by atoms with Gasteiger partial charge in [-0.25, -0.2) is 13.4 Å². The summed E-state index contributed by atoms with van der Waals surface area (Å²) >= 11 is 0. The van der Waals surface area contributed by atoms with E-state index in [0.717, 1.165) is 11.8 Å². The number of aromatic nitrogens is 1. The molecule has 134 valence electrons. The first kappa shape index (κ1) is 17.8. The summed E-state index contributed by atoms with van der Waals surface area (Å²) in [6, 6.07) is 10.4. The van der Waals surface area contributed by atoms with Crippen molar-refractivity contribution in [1.29, 1.82) is 5.26 Å². The lowest BCUT2D eigenvalue weighted by Gasteiger charge is -2.35. The fraction of sp³-hybridized carbons (Fsp3) is 0.250.